The van der Waals surface area contributed by atoms with Crippen LogP contribution in [0.4, 0.5) is 0 Å². The summed E-state index contributed by atoms with van der Waals surface area (Å²) in [4.78, 5) is 1.26. The Bertz CT molecular complexity index is 512. The summed E-state index contributed by atoms with van der Waals surface area (Å²) in [6.45, 7) is 0. The molecule has 1 N–H and O–H groups in total. The summed E-state index contributed by atoms with van der Waals surface area (Å²) in [5.41, 5.74) is 1.21. The van der Waals surface area contributed by atoms with Gasteiger partial charge in [-0.2, -0.15) is 5.10 Å². The first-order valence-electron chi connectivity index (χ1n) is 5.75. The van der Waals surface area contributed by atoms with Gasteiger partial charge in [-0.15, -0.1) is 11.8 Å². The minimum absolute atomic E-state index is 0.301. The highest BCUT2D eigenvalue weighted by Gasteiger charge is 2.13. The average Bonchev–Trinajstić information content (AvgIpc) is 2.79. The molecule has 0 amide bonds. The zero-order valence-electron chi connectivity index (χ0n) is 10.4. The average molecular weight is 326 g/mol. The number of benzene rings is 1. The molecule has 1 unspecified atom stereocenters. The van der Waals surface area contributed by atoms with E-state index in [0.717, 1.165) is 10.2 Å². The van der Waals surface area contributed by atoms with Crippen LogP contribution in [0.25, 0.3) is 0 Å². The van der Waals surface area contributed by atoms with Crippen LogP contribution in [-0.2, 0) is 7.05 Å². The number of rotatable bonds is 5. The maximum Gasteiger partial charge on any atom is 0.0584 e. The predicted octanol–water partition coefficient (Wildman–Crippen LogP) is 3.24. The number of nitrogens with zero attached hydrogens (tertiary/aromatic N) is 2. The summed E-state index contributed by atoms with van der Waals surface area (Å²) in [6.07, 6.45) is 1.84. The van der Waals surface area contributed by atoms with Crippen LogP contribution < -0.4 is 5.32 Å². The molecule has 1 heterocycles. The van der Waals surface area contributed by atoms with E-state index >= 15 is 0 Å². The molecule has 0 radical (unpaired) electrons. The Hall–Kier alpha value is -0.780. The molecule has 1 atom stereocenters. The molecular weight excluding hydrogens is 310 g/mol. The normalized spacial score (nSPS) is 12.6. The van der Waals surface area contributed by atoms with Gasteiger partial charge in [0, 0.05) is 28.4 Å². The molecule has 1 aromatic carbocycles. The Morgan fingerprint density at radius 3 is 2.78 bits per heavy atom. The fourth-order valence-corrected chi connectivity index (χ4v) is 3.47. The van der Waals surface area contributed by atoms with Crippen molar-refractivity contribution in [3.05, 3.63) is 46.7 Å². The lowest BCUT2D eigenvalue weighted by molar-refractivity contribution is 0.586. The van der Waals surface area contributed by atoms with Crippen molar-refractivity contribution in [2.24, 2.45) is 7.05 Å². The van der Waals surface area contributed by atoms with Crippen LogP contribution in [0.2, 0.25) is 0 Å². The standard InChI is InChI=1S/C13H16BrN3S/c1-15-11(12-7-8-16-17(12)2)9-18-13-6-4-3-5-10(13)14/h3-8,11,15H,9H2,1-2H3. The molecule has 18 heavy (non-hydrogen) atoms. The first-order chi connectivity index (χ1) is 8.72. The molecule has 0 spiro atoms. The molecule has 2 rings (SSSR count). The number of aromatic nitrogens is 2. The summed E-state index contributed by atoms with van der Waals surface area (Å²) >= 11 is 5.41. The molecule has 0 aliphatic rings. The van der Waals surface area contributed by atoms with Crippen LogP contribution in [0.15, 0.2) is 45.9 Å². The third kappa shape index (κ3) is 3.16. The molecule has 0 aliphatic carbocycles. The van der Waals surface area contributed by atoms with E-state index in [4.69, 9.17) is 0 Å². The number of halogens is 1. The van der Waals surface area contributed by atoms with E-state index in [1.54, 1.807) is 0 Å². The minimum atomic E-state index is 0.301. The van der Waals surface area contributed by atoms with Crippen molar-refractivity contribution in [2.45, 2.75) is 10.9 Å². The number of hydrogen-bond donors (Lipinski definition) is 1. The van der Waals surface area contributed by atoms with Crippen molar-refractivity contribution in [1.82, 2.24) is 15.1 Å². The van der Waals surface area contributed by atoms with Gasteiger partial charge in [-0.25, -0.2) is 0 Å². The van der Waals surface area contributed by atoms with Crippen LogP contribution in [0.3, 0.4) is 0 Å². The Balaban J connectivity index is 2.05. The van der Waals surface area contributed by atoms with Crippen LogP contribution in [-0.4, -0.2) is 22.6 Å². The third-order valence-corrected chi connectivity index (χ3v) is 4.93. The molecule has 0 fully saturated rings. The first-order valence-corrected chi connectivity index (χ1v) is 7.52. The van der Waals surface area contributed by atoms with Crippen molar-refractivity contribution < 1.29 is 0 Å². The number of nitrogens with one attached hydrogen (secondary N) is 1. The van der Waals surface area contributed by atoms with E-state index in [1.807, 2.05) is 42.8 Å². The third-order valence-electron chi connectivity index (χ3n) is 2.81. The lowest BCUT2D eigenvalue weighted by Gasteiger charge is -2.16. The van der Waals surface area contributed by atoms with Gasteiger partial charge in [0.05, 0.1) is 11.7 Å². The quantitative estimate of drug-likeness (QED) is 0.856. The highest BCUT2D eigenvalue weighted by atomic mass is 79.9. The van der Waals surface area contributed by atoms with E-state index in [2.05, 4.69) is 50.6 Å². The number of aryl methyl sites for hydroxylation is 1. The Morgan fingerprint density at radius 1 is 1.39 bits per heavy atom. The lowest BCUT2D eigenvalue weighted by atomic mass is 10.2. The van der Waals surface area contributed by atoms with Crippen molar-refractivity contribution in [2.75, 3.05) is 12.8 Å². The summed E-state index contributed by atoms with van der Waals surface area (Å²) in [5, 5.41) is 7.55. The van der Waals surface area contributed by atoms with Gasteiger partial charge < -0.3 is 5.32 Å². The monoisotopic (exact) mass is 325 g/mol. The van der Waals surface area contributed by atoms with Crippen molar-refractivity contribution in [1.29, 1.82) is 0 Å². The van der Waals surface area contributed by atoms with E-state index in [-0.39, 0.29) is 0 Å². The highest BCUT2D eigenvalue weighted by Crippen LogP contribution is 2.30. The second kappa shape index (κ2) is 6.41. The largest absolute Gasteiger partial charge is 0.311 e. The topological polar surface area (TPSA) is 29.9 Å². The van der Waals surface area contributed by atoms with Crippen molar-refractivity contribution in [3.8, 4) is 0 Å². The SMILES string of the molecule is CNC(CSc1ccccc1Br)c1ccnn1C. The Kier molecular flexibility index (Phi) is 4.86. The fourth-order valence-electron chi connectivity index (χ4n) is 1.78. The number of hydrogen-bond acceptors (Lipinski definition) is 3. The van der Waals surface area contributed by atoms with Crippen LogP contribution in [0, 0.1) is 0 Å². The van der Waals surface area contributed by atoms with Crippen molar-refractivity contribution in [3.63, 3.8) is 0 Å². The fraction of sp³-hybridized carbons (Fsp3) is 0.308. The van der Waals surface area contributed by atoms with Gasteiger partial charge in [-0.1, -0.05) is 12.1 Å². The van der Waals surface area contributed by atoms with E-state index in [9.17, 15) is 0 Å². The minimum Gasteiger partial charge on any atom is -0.311 e. The zero-order valence-corrected chi connectivity index (χ0v) is 12.8. The van der Waals surface area contributed by atoms with Gasteiger partial charge in [0.2, 0.25) is 0 Å². The zero-order chi connectivity index (χ0) is 13.0. The highest BCUT2D eigenvalue weighted by molar-refractivity contribution is 9.10. The molecule has 96 valence electrons. The molecule has 5 heteroatoms. The van der Waals surface area contributed by atoms with E-state index in [1.165, 1.54) is 10.6 Å². The first kappa shape index (κ1) is 13.6. The van der Waals surface area contributed by atoms with Gasteiger partial charge >= 0.3 is 0 Å². The molecule has 1 aromatic heterocycles. The maximum absolute atomic E-state index is 4.22. The molecule has 2 aromatic rings. The second-order valence-electron chi connectivity index (χ2n) is 3.96. The van der Waals surface area contributed by atoms with Gasteiger partial charge in [-0.05, 0) is 41.2 Å². The Labute approximate surface area is 120 Å². The predicted molar refractivity (Wildman–Crippen MR) is 79.9 cm³/mol. The van der Waals surface area contributed by atoms with E-state index < -0.39 is 0 Å². The molecule has 3 nitrogen and oxygen atoms in total. The van der Waals surface area contributed by atoms with Gasteiger partial charge in [0.25, 0.3) is 0 Å². The summed E-state index contributed by atoms with van der Waals surface area (Å²) < 4.78 is 3.07. The molecule has 0 saturated heterocycles. The smallest absolute Gasteiger partial charge is 0.0584 e. The maximum atomic E-state index is 4.22. The lowest BCUT2D eigenvalue weighted by Crippen LogP contribution is -2.21. The van der Waals surface area contributed by atoms with Gasteiger partial charge in [-0.3, -0.25) is 4.68 Å². The Morgan fingerprint density at radius 2 is 2.17 bits per heavy atom. The van der Waals surface area contributed by atoms with Crippen LogP contribution in [0.1, 0.15) is 11.7 Å². The van der Waals surface area contributed by atoms with Gasteiger partial charge in [0.15, 0.2) is 0 Å². The van der Waals surface area contributed by atoms with E-state index in [0.29, 0.717) is 6.04 Å². The summed E-state index contributed by atoms with van der Waals surface area (Å²) in [5.74, 6) is 0.971. The summed E-state index contributed by atoms with van der Waals surface area (Å²) in [6, 6.07) is 10.7. The molecule has 0 saturated carbocycles. The second-order valence-corrected chi connectivity index (χ2v) is 5.88. The number of thioether (sulfide) groups is 1. The molecular formula is C13H16BrN3S. The molecule has 0 bridgehead atoms. The van der Waals surface area contributed by atoms with Gasteiger partial charge in [0.1, 0.15) is 0 Å². The molecule has 0 aliphatic heterocycles. The van der Waals surface area contributed by atoms with Crippen LogP contribution in [0.5, 0.6) is 0 Å². The van der Waals surface area contributed by atoms with Crippen LogP contribution >= 0.6 is 27.7 Å². The van der Waals surface area contributed by atoms with Crippen molar-refractivity contribution >= 4 is 27.7 Å². The summed E-state index contributed by atoms with van der Waals surface area (Å²) in [7, 11) is 3.96.